The van der Waals surface area contributed by atoms with Crippen molar-refractivity contribution in [3.05, 3.63) is 123 Å². The Morgan fingerprint density at radius 1 is 0.638 bits per heavy atom. The number of carboxylic acid groups (broad SMARTS) is 1. The van der Waals surface area contributed by atoms with E-state index in [4.69, 9.17) is 19.8 Å². The number of hydrogen-bond acceptors (Lipinski definition) is 13. The molecule has 2 saturated carbocycles. The maximum Gasteiger partial charge on any atom is 0.547 e. The van der Waals surface area contributed by atoms with Crippen molar-refractivity contribution in [3.63, 3.8) is 0 Å². The molecule has 4 aromatic carbocycles. The monoisotopic (exact) mass is 942 g/mol. The highest BCUT2D eigenvalue weighted by Gasteiger charge is 2.40. The number of nitrogens with one attached hydrogen (secondary N) is 5. The van der Waals surface area contributed by atoms with Crippen LogP contribution in [0.2, 0.25) is 0 Å². The summed E-state index contributed by atoms with van der Waals surface area (Å²) in [6.45, 7) is 2.44. The van der Waals surface area contributed by atoms with Gasteiger partial charge in [0.25, 0.3) is 0 Å². The Bertz CT molecular complexity index is 2460. The van der Waals surface area contributed by atoms with Gasteiger partial charge in [0.1, 0.15) is 22.8 Å². The molecule has 2 heterocycles. The summed E-state index contributed by atoms with van der Waals surface area (Å²) >= 11 is 0. The lowest BCUT2D eigenvalue weighted by Crippen LogP contribution is -2.53. The number of carboxylic acids is 1. The first kappa shape index (κ1) is 49.7. The van der Waals surface area contributed by atoms with E-state index < -0.39 is 38.1 Å². The summed E-state index contributed by atoms with van der Waals surface area (Å²) in [6, 6.07) is 24.4. The topological polar surface area (TPSA) is 243 Å². The minimum absolute atomic E-state index is 0.0235. The van der Waals surface area contributed by atoms with Crippen LogP contribution < -0.4 is 46.4 Å². The molecule has 4 aliphatic rings. The predicted octanol–water partition coefficient (Wildman–Crippen LogP) is 4.14. The predicted molar refractivity (Wildman–Crippen MR) is 261 cm³/mol. The highest BCUT2D eigenvalue weighted by atomic mass is 16.5. The summed E-state index contributed by atoms with van der Waals surface area (Å²) in [6.07, 6.45) is 8.63. The smallest absolute Gasteiger partial charge is 0.534 e. The summed E-state index contributed by atoms with van der Waals surface area (Å²) in [5.74, 6) is -2.29. The van der Waals surface area contributed by atoms with Crippen LogP contribution in [0, 0.1) is 11.8 Å². The van der Waals surface area contributed by atoms with E-state index in [-0.39, 0.29) is 65.3 Å². The number of fused-ring (bicyclic) bond motifs is 2. The first-order valence-electron chi connectivity index (χ1n) is 24.4. The van der Waals surface area contributed by atoms with Crippen LogP contribution in [0.5, 0.6) is 17.2 Å². The van der Waals surface area contributed by atoms with Crippen LogP contribution in [0.25, 0.3) is 0 Å². The summed E-state index contributed by atoms with van der Waals surface area (Å²) < 4.78 is 17.3. The molecule has 18 heteroatoms. The lowest BCUT2D eigenvalue weighted by molar-refractivity contribution is -0.123. The zero-order chi connectivity index (χ0) is 48.4. The lowest BCUT2D eigenvalue weighted by Gasteiger charge is -2.31. The van der Waals surface area contributed by atoms with Gasteiger partial charge >= 0.3 is 26.2 Å². The van der Waals surface area contributed by atoms with Crippen molar-refractivity contribution in [2.45, 2.75) is 127 Å². The second-order valence-corrected chi connectivity index (χ2v) is 19.1. The van der Waals surface area contributed by atoms with Gasteiger partial charge in [-0.25, -0.2) is 9.59 Å². The number of carbonyl (C=O) groups excluding carboxylic acids is 3. The summed E-state index contributed by atoms with van der Waals surface area (Å²) in [7, 11) is -0.744. The molecule has 69 heavy (non-hydrogen) atoms. The van der Waals surface area contributed by atoms with Gasteiger partial charge < -0.3 is 61.5 Å². The molecule has 0 unspecified atom stereocenters. The molecule has 0 bridgehead atoms. The van der Waals surface area contributed by atoms with Crippen LogP contribution in [-0.4, -0.2) is 84.2 Å². The number of carbonyl (C=O) groups is 4. The zero-order valence-corrected chi connectivity index (χ0v) is 39.2. The molecule has 0 aromatic heterocycles. The van der Waals surface area contributed by atoms with E-state index >= 15 is 0 Å². The number of esters is 1. The summed E-state index contributed by atoms with van der Waals surface area (Å²) in [5.41, 5.74) is 12.0. The van der Waals surface area contributed by atoms with Crippen molar-refractivity contribution in [2.24, 2.45) is 17.6 Å². The van der Waals surface area contributed by atoms with E-state index in [9.17, 15) is 34.3 Å². The SMILES string of the molecule is CNCc1ccccc1CNC1CCC(CC(=O)N[C@H]2Cc3cccc(C(=O)Oc4ccc(CNC5CCC(CC(=O)N[C@H]6Cc7cccc(C(=O)O)c7OB6O)CC5)c(CN)c4)c3OB2O)CC1. The maximum absolute atomic E-state index is 13.6. The highest BCUT2D eigenvalue weighted by molar-refractivity contribution is 6.47. The number of rotatable bonds is 18. The van der Waals surface area contributed by atoms with E-state index in [2.05, 4.69) is 50.8 Å². The highest BCUT2D eigenvalue weighted by Crippen LogP contribution is 2.34. The van der Waals surface area contributed by atoms with E-state index in [1.807, 2.05) is 19.2 Å². The van der Waals surface area contributed by atoms with Crippen LogP contribution in [-0.2, 0) is 48.6 Å². The van der Waals surface area contributed by atoms with Gasteiger partial charge in [-0.3, -0.25) is 9.59 Å². The molecule has 2 fully saturated rings. The van der Waals surface area contributed by atoms with Gasteiger partial charge in [0.15, 0.2) is 0 Å². The third kappa shape index (κ3) is 12.7. The summed E-state index contributed by atoms with van der Waals surface area (Å²) in [4.78, 5) is 51.4. The fourth-order valence-electron chi connectivity index (χ4n) is 10.4. The first-order valence-corrected chi connectivity index (χ1v) is 24.4. The molecule has 2 atom stereocenters. The number of benzene rings is 4. The van der Waals surface area contributed by atoms with E-state index in [0.29, 0.717) is 48.7 Å². The Balaban J connectivity index is 0.758. The number of aromatic carboxylic acids is 1. The molecule has 364 valence electrons. The summed E-state index contributed by atoms with van der Waals surface area (Å²) in [5, 5.41) is 47.5. The van der Waals surface area contributed by atoms with Crippen LogP contribution in [0.15, 0.2) is 78.9 Å². The number of amides is 2. The molecular weight excluding hydrogens is 878 g/mol. The number of hydrogen-bond donors (Lipinski definition) is 9. The average Bonchev–Trinajstić information content (AvgIpc) is 3.34. The van der Waals surface area contributed by atoms with Crippen molar-refractivity contribution >= 4 is 38.0 Å². The van der Waals surface area contributed by atoms with Crippen LogP contribution in [0.4, 0.5) is 0 Å². The van der Waals surface area contributed by atoms with Crippen LogP contribution in [0.3, 0.4) is 0 Å². The molecule has 16 nitrogen and oxygen atoms in total. The third-order valence-corrected chi connectivity index (χ3v) is 14.3. The van der Waals surface area contributed by atoms with Gasteiger partial charge in [0, 0.05) is 51.1 Å². The fourth-order valence-corrected chi connectivity index (χ4v) is 10.4. The Hall–Kier alpha value is -5.75. The van der Waals surface area contributed by atoms with Gasteiger partial charge in [-0.15, -0.1) is 0 Å². The molecule has 0 radical (unpaired) electrons. The van der Waals surface area contributed by atoms with E-state index in [1.165, 1.54) is 17.2 Å². The molecule has 2 amide bonds. The molecule has 2 aliphatic carbocycles. The van der Waals surface area contributed by atoms with Crippen LogP contribution in [0.1, 0.15) is 118 Å². The molecule has 8 rings (SSSR count). The Morgan fingerprint density at radius 3 is 1.64 bits per heavy atom. The van der Waals surface area contributed by atoms with Crippen molar-refractivity contribution in [1.82, 2.24) is 26.6 Å². The lowest BCUT2D eigenvalue weighted by atomic mass is 9.72. The quantitative estimate of drug-likeness (QED) is 0.0387. The molecule has 10 N–H and O–H groups in total. The standard InChI is InChI=1S/C51H64B2N6O10/c1-55-28-35-6-2-3-7-36(35)29-56-39-17-12-31(13-18-39)23-47(61)59-45-26-34-9-5-11-43(49(34)69-53(45)66)51(64)67-41-21-16-37(38(24-41)27-54)30-57-40-19-14-32(15-20-40)22-46(60)58-44-25-33-8-4-10-42(50(62)63)48(33)68-52(44)65/h2-11,16,21,24,31-32,39-40,44-45,55-57,65-66H,12-15,17-20,22-23,25-30,54H2,1H3,(H,58,60)(H,59,61)(H,62,63)/t31?,32?,39?,40?,44-,45-/m0/s1. The van der Waals surface area contributed by atoms with Gasteiger partial charge in [-0.1, -0.05) is 54.6 Å². The van der Waals surface area contributed by atoms with Gasteiger partial charge in [0.2, 0.25) is 11.8 Å². The molecular formula is C51H64B2N6O10. The molecule has 0 spiro atoms. The second kappa shape index (κ2) is 23.2. The van der Waals surface area contributed by atoms with Gasteiger partial charge in [0.05, 0.1) is 17.4 Å². The number of ether oxygens (including phenoxy) is 1. The van der Waals surface area contributed by atoms with Gasteiger partial charge in [-0.2, -0.15) is 0 Å². The van der Waals surface area contributed by atoms with Crippen molar-refractivity contribution in [1.29, 1.82) is 0 Å². The third-order valence-electron chi connectivity index (χ3n) is 14.3. The van der Waals surface area contributed by atoms with Crippen molar-refractivity contribution in [2.75, 3.05) is 7.05 Å². The van der Waals surface area contributed by atoms with Crippen molar-refractivity contribution < 1.29 is 48.4 Å². The average molecular weight is 943 g/mol. The van der Waals surface area contributed by atoms with Crippen LogP contribution >= 0.6 is 0 Å². The number of para-hydroxylation sites is 2. The first-order chi connectivity index (χ1) is 33.4. The second-order valence-electron chi connectivity index (χ2n) is 19.1. The maximum atomic E-state index is 13.6. The molecule has 4 aromatic rings. The van der Waals surface area contributed by atoms with E-state index in [1.54, 1.807) is 36.4 Å². The zero-order valence-electron chi connectivity index (χ0n) is 39.2. The largest absolute Gasteiger partial charge is 0.547 e. The molecule has 2 aliphatic heterocycles. The van der Waals surface area contributed by atoms with E-state index in [0.717, 1.165) is 75.6 Å². The Morgan fingerprint density at radius 2 is 1.13 bits per heavy atom. The Labute approximate surface area is 404 Å². The minimum atomic E-state index is -1.35. The normalized spacial score (nSPS) is 22.0. The minimum Gasteiger partial charge on any atom is -0.534 e. The van der Waals surface area contributed by atoms with Gasteiger partial charge in [-0.05, 0) is 141 Å². The Kier molecular flexibility index (Phi) is 16.7. The van der Waals surface area contributed by atoms with Crippen molar-refractivity contribution in [3.8, 4) is 17.2 Å². The molecule has 0 saturated heterocycles. The fraction of sp³-hybridized carbons (Fsp3) is 0.451. The number of nitrogens with two attached hydrogens (primary N) is 1.